The Morgan fingerprint density at radius 2 is 1.83 bits per heavy atom. The molecule has 1 N–H and O–H groups in total. The maximum absolute atomic E-state index is 11.2. The molecule has 118 valence electrons. The van der Waals surface area contributed by atoms with Crippen LogP contribution in [0.15, 0.2) is 47.8 Å². The first-order valence-electron chi connectivity index (χ1n) is 7.42. The summed E-state index contributed by atoms with van der Waals surface area (Å²) < 4.78 is 0. The second-order valence-electron chi connectivity index (χ2n) is 5.64. The molecule has 2 aromatic rings. The van der Waals surface area contributed by atoms with Crippen LogP contribution in [0.3, 0.4) is 0 Å². The molecule has 0 saturated carbocycles. The van der Waals surface area contributed by atoms with E-state index < -0.39 is 0 Å². The Kier molecular flexibility index (Phi) is 3.97. The number of carbonyl (C=O) groups excluding carboxylic acids is 1. The van der Waals surface area contributed by atoms with Gasteiger partial charge in [0.2, 0.25) is 5.91 Å². The van der Waals surface area contributed by atoms with Gasteiger partial charge in [0.05, 0.1) is 23.2 Å². The van der Waals surface area contributed by atoms with Crippen molar-refractivity contribution in [2.24, 2.45) is 5.29 Å². The first kappa shape index (κ1) is 15.0. The van der Waals surface area contributed by atoms with E-state index in [1.807, 2.05) is 54.4 Å². The Bertz CT molecular complexity index is 743. The number of nitroso groups, excluding NO2 is 1. The van der Waals surface area contributed by atoms with Crippen molar-refractivity contribution >= 4 is 17.3 Å². The van der Waals surface area contributed by atoms with Gasteiger partial charge in [0.25, 0.3) is 0 Å². The fourth-order valence-electron chi connectivity index (χ4n) is 2.48. The van der Waals surface area contributed by atoms with E-state index in [0.29, 0.717) is 13.1 Å². The number of hydrogen-bond acceptors (Lipinski definition) is 4. The summed E-state index contributed by atoms with van der Waals surface area (Å²) in [6.45, 7) is 4.41. The third kappa shape index (κ3) is 3.31. The number of nitrogens with one attached hydrogen (secondary N) is 1. The highest BCUT2D eigenvalue weighted by atomic mass is 16.3. The quantitative estimate of drug-likeness (QED) is 0.505. The molecule has 0 aliphatic carbocycles. The summed E-state index contributed by atoms with van der Waals surface area (Å²) in [5, 5.41) is 9.10. The van der Waals surface area contributed by atoms with Crippen LogP contribution >= 0.6 is 0 Å². The maximum Gasteiger partial charge on any atom is 0.217 e. The Balaban J connectivity index is 1.64. The fraction of sp³-hybridized carbons (Fsp3) is 0.235. The molecule has 1 heterocycles. The van der Waals surface area contributed by atoms with Crippen molar-refractivity contribution in [3.05, 3.63) is 64.1 Å². The predicted octanol–water partition coefficient (Wildman–Crippen LogP) is 3.18. The third-order valence-electron chi connectivity index (χ3n) is 3.75. The van der Waals surface area contributed by atoms with Crippen molar-refractivity contribution < 1.29 is 4.79 Å². The van der Waals surface area contributed by atoms with Gasteiger partial charge in [-0.25, -0.2) is 5.01 Å². The summed E-state index contributed by atoms with van der Waals surface area (Å²) in [5.74, 6) is -0.0556. The van der Waals surface area contributed by atoms with Crippen LogP contribution in [0.1, 0.15) is 23.6 Å². The minimum atomic E-state index is -0.0556. The van der Waals surface area contributed by atoms with Crippen LogP contribution in [0, 0.1) is 11.8 Å². The third-order valence-corrected chi connectivity index (χ3v) is 3.75. The number of amides is 1. The van der Waals surface area contributed by atoms with Crippen LogP contribution in [0.4, 0.5) is 11.4 Å². The van der Waals surface area contributed by atoms with Gasteiger partial charge in [-0.3, -0.25) is 4.79 Å². The minimum Gasteiger partial charge on any atom is -0.352 e. The Morgan fingerprint density at radius 3 is 2.43 bits per heavy atom. The zero-order valence-corrected chi connectivity index (χ0v) is 13.1. The molecule has 0 atom stereocenters. The molecule has 23 heavy (non-hydrogen) atoms. The number of hydrogen-bond donors (Lipinski definition) is 1. The van der Waals surface area contributed by atoms with E-state index >= 15 is 0 Å². The lowest BCUT2D eigenvalue weighted by Gasteiger charge is -2.17. The molecule has 2 aromatic carbocycles. The second-order valence-corrected chi connectivity index (χ2v) is 5.64. The van der Waals surface area contributed by atoms with Gasteiger partial charge in [-0.05, 0) is 35.7 Å². The molecule has 1 aliphatic rings. The average molecular weight is 310 g/mol. The lowest BCUT2D eigenvalue weighted by atomic mass is 10.1. The van der Waals surface area contributed by atoms with Crippen LogP contribution < -0.4 is 10.3 Å². The van der Waals surface area contributed by atoms with Gasteiger partial charge in [0.1, 0.15) is 0 Å². The van der Waals surface area contributed by atoms with Gasteiger partial charge in [0.15, 0.2) is 0 Å². The summed E-state index contributed by atoms with van der Waals surface area (Å²) in [5.41, 5.74) is 5.18. The molecule has 0 fully saturated rings. The summed E-state index contributed by atoms with van der Waals surface area (Å²) in [6.07, 6.45) is 0. The molecule has 0 saturated heterocycles. The van der Waals surface area contributed by atoms with E-state index in [9.17, 15) is 9.70 Å². The fourth-order valence-corrected chi connectivity index (χ4v) is 2.48. The maximum atomic E-state index is 11.2. The molecule has 0 aromatic heterocycles. The van der Waals surface area contributed by atoms with Crippen molar-refractivity contribution in [1.29, 1.82) is 0 Å². The lowest BCUT2D eigenvalue weighted by Crippen LogP contribution is -2.24. The summed E-state index contributed by atoms with van der Waals surface area (Å²) in [4.78, 5) is 22.1. The van der Waals surface area contributed by atoms with E-state index in [1.54, 1.807) is 0 Å². The smallest absolute Gasteiger partial charge is 0.217 e. The highest BCUT2D eigenvalue weighted by molar-refractivity contribution is 5.92. The molecule has 0 spiro atoms. The van der Waals surface area contributed by atoms with E-state index in [-0.39, 0.29) is 5.91 Å². The molecule has 3 rings (SSSR count). The molecule has 1 aliphatic heterocycles. The first-order valence-corrected chi connectivity index (χ1v) is 7.42. The Morgan fingerprint density at radius 1 is 1.13 bits per heavy atom. The van der Waals surface area contributed by atoms with Crippen molar-refractivity contribution in [3.8, 4) is 0 Å². The SMILES string of the molecule is CC(=O)NCc1ccc(CN(N=O)N2c3ccc(C)cc32)cc1. The number of benzene rings is 2. The number of carbonyl (C=O) groups is 1. The van der Waals surface area contributed by atoms with E-state index in [1.165, 1.54) is 12.0 Å². The molecule has 1 amide bonds. The molecule has 6 nitrogen and oxygen atoms in total. The number of fused-ring (bicyclic) bond motifs is 1. The zero-order chi connectivity index (χ0) is 16.4. The second kappa shape index (κ2) is 6.08. The number of aryl methyl sites for hydroxylation is 1. The number of rotatable bonds is 6. The lowest BCUT2D eigenvalue weighted by molar-refractivity contribution is -0.119. The van der Waals surface area contributed by atoms with Crippen molar-refractivity contribution in [1.82, 2.24) is 10.4 Å². The van der Waals surface area contributed by atoms with Crippen LogP contribution in [-0.2, 0) is 17.9 Å². The predicted molar refractivity (Wildman–Crippen MR) is 88.6 cm³/mol. The van der Waals surface area contributed by atoms with E-state index in [2.05, 4.69) is 10.6 Å². The van der Waals surface area contributed by atoms with E-state index in [0.717, 1.165) is 28.1 Å². The number of anilines is 2. The normalized spacial score (nSPS) is 11.7. The summed E-state index contributed by atoms with van der Waals surface area (Å²) >= 11 is 0. The van der Waals surface area contributed by atoms with Crippen molar-refractivity contribution in [3.63, 3.8) is 0 Å². The van der Waals surface area contributed by atoms with Crippen LogP contribution in [-0.4, -0.2) is 11.0 Å². The Hall–Kier alpha value is -2.89. The zero-order valence-electron chi connectivity index (χ0n) is 13.1. The molecule has 0 unspecified atom stereocenters. The molecular formula is C17H18N4O2. The van der Waals surface area contributed by atoms with Gasteiger partial charge < -0.3 is 5.32 Å². The molecule has 6 heteroatoms. The monoisotopic (exact) mass is 310 g/mol. The standard InChI is InChI=1S/C17H18N4O2/c1-12-3-8-16-17(9-12)21(16)20(19-23)11-15-6-4-14(5-7-15)10-18-13(2)22/h3-9H,10-11H2,1-2H3,(H,18,22). The van der Waals surface area contributed by atoms with Crippen LogP contribution in [0.5, 0.6) is 0 Å². The number of hydrazine groups is 1. The van der Waals surface area contributed by atoms with Gasteiger partial charge in [-0.15, -0.1) is 4.91 Å². The molecular weight excluding hydrogens is 292 g/mol. The van der Waals surface area contributed by atoms with E-state index in [4.69, 9.17) is 0 Å². The van der Waals surface area contributed by atoms with Gasteiger partial charge in [-0.1, -0.05) is 30.3 Å². The van der Waals surface area contributed by atoms with Crippen molar-refractivity contribution in [2.45, 2.75) is 26.9 Å². The van der Waals surface area contributed by atoms with Gasteiger partial charge >= 0.3 is 0 Å². The first-order chi connectivity index (χ1) is 11.1. The van der Waals surface area contributed by atoms with Gasteiger partial charge in [0, 0.05) is 13.5 Å². The van der Waals surface area contributed by atoms with Crippen LogP contribution in [0.2, 0.25) is 0 Å². The largest absolute Gasteiger partial charge is 0.352 e. The topological polar surface area (TPSA) is 64.8 Å². The molecule has 0 radical (unpaired) electrons. The highest BCUT2D eigenvalue weighted by Crippen LogP contribution is 2.49. The van der Waals surface area contributed by atoms with Crippen molar-refractivity contribution in [2.75, 3.05) is 5.01 Å². The average Bonchev–Trinajstić information content (AvgIpc) is 3.24. The minimum absolute atomic E-state index is 0.0556. The highest BCUT2D eigenvalue weighted by Gasteiger charge is 2.35. The van der Waals surface area contributed by atoms with Crippen LogP contribution in [0.25, 0.3) is 0 Å². The molecule has 0 bridgehead atoms. The summed E-state index contributed by atoms with van der Waals surface area (Å²) in [6, 6.07) is 13.8. The summed E-state index contributed by atoms with van der Waals surface area (Å²) in [7, 11) is 0. The van der Waals surface area contributed by atoms with Gasteiger partial charge in [-0.2, -0.15) is 5.12 Å². The Labute approximate surface area is 134 Å². The number of nitrogens with zero attached hydrogens (tertiary/aromatic N) is 3.